The largest absolute Gasteiger partial charge is 0.504 e. The fourth-order valence-corrected chi connectivity index (χ4v) is 3.14. The van der Waals surface area contributed by atoms with Crippen molar-refractivity contribution in [2.75, 3.05) is 7.11 Å². The zero-order valence-corrected chi connectivity index (χ0v) is 16.1. The van der Waals surface area contributed by atoms with Crippen LogP contribution in [0.1, 0.15) is 5.76 Å². The van der Waals surface area contributed by atoms with E-state index in [4.69, 9.17) is 9.15 Å². The summed E-state index contributed by atoms with van der Waals surface area (Å²) in [4.78, 5) is 19.7. The van der Waals surface area contributed by atoms with E-state index in [1.807, 2.05) is 0 Å². The zero-order valence-electron chi connectivity index (χ0n) is 16.1. The van der Waals surface area contributed by atoms with E-state index in [2.05, 4.69) is 9.97 Å². The highest BCUT2D eigenvalue weighted by Gasteiger charge is 2.23. The molecule has 4 rings (SSSR count). The van der Waals surface area contributed by atoms with Crippen LogP contribution in [-0.4, -0.2) is 32.4 Å². The van der Waals surface area contributed by atoms with Crippen LogP contribution >= 0.6 is 0 Å². The minimum Gasteiger partial charge on any atom is -0.504 e. The number of aryl methyl sites for hydroxylation is 1. The predicted molar refractivity (Wildman–Crippen MR) is 110 cm³/mol. The van der Waals surface area contributed by atoms with Gasteiger partial charge in [0.05, 0.1) is 12.7 Å². The summed E-state index contributed by atoms with van der Waals surface area (Å²) in [7, 11) is 1.53. The van der Waals surface area contributed by atoms with E-state index < -0.39 is 11.2 Å². The van der Waals surface area contributed by atoms with Gasteiger partial charge in [0.15, 0.2) is 17.3 Å². The number of aromatic amines is 1. The van der Waals surface area contributed by atoms with Gasteiger partial charge < -0.3 is 29.5 Å². The maximum atomic E-state index is 12.1. The molecule has 0 fully saturated rings. The molecule has 0 aliphatic heterocycles. The Kier molecular flexibility index (Phi) is 4.67. The maximum Gasteiger partial charge on any atom is 0.227 e. The number of aromatic hydroxyl groups is 3. The first-order valence-electron chi connectivity index (χ1n) is 8.99. The molecule has 0 unspecified atom stereocenters. The molecule has 0 amide bonds. The molecule has 2 aromatic carbocycles. The van der Waals surface area contributed by atoms with Crippen LogP contribution in [0.2, 0.25) is 0 Å². The van der Waals surface area contributed by atoms with Gasteiger partial charge in [0.1, 0.15) is 28.7 Å². The molecule has 0 saturated carbocycles. The molecule has 4 aromatic rings. The maximum absolute atomic E-state index is 12.1. The SMILES string of the molecule is COc1cccc(-c2nc(-c3cccc(O)c3O)[nH]c2-c2oc(C)cc(=O)c2O)c1. The minimum atomic E-state index is -0.596. The van der Waals surface area contributed by atoms with Crippen molar-refractivity contribution in [2.45, 2.75) is 6.92 Å². The molecule has 30 heavy (non-hydrogen) atoms. The number of para-hydroxylation sites is 1. The van der Waals surface area contributed by atoms with E-state index in [-0.39, 0.29) is 34.3 Å². The Morgan fingerprint density at radius 3 is 2.57 bits per heavy atom. The quantitative estimate of drug-likeness (QED) is 0.379. The third-order valence-electron chi connectivity index (χ3n) is 4.59. The highest BCUT2D eigenvalue weighted by molar-refractivity contribution is 5.82. The van der Waals surface area contributed by atoms with Crippen molar-refractivity contribution in [3.05, 3.63) is 64.5 Å². The first-order valence-corrected chi connectivity index (χ1v) is 8.99. The van der Waals surface area contributed by atoms with E-state index in [1.54, 1.807) is 43.3 Å². The van der Waals surface area contributed by atoms with Crippen molar-refractivity contribution >= 4 is 0 Å². The number of H-pyrrole nitrogens is 1. The Labute approximate surface area is 170 Å². The van der Waals surface area contributed by atoms with Crippen LogP contribution in [0, 0.1) is 6.92 Å². The molecule has 8 heteroatoms. The molecule has 8 nitrogen and oxygen atoms in total. The summed E-state index contributed by atoms with van der Waals surface area (Å²) in [5, 5.41) is 30.5. The number of nitrogens with zero attached hydrogens (tertiary/aromatic N) is 1. The number of hydrogen-bond acceptors (Lipinski definition) is 7. The van der Waals surface area contributed by atoms with E-state index in [9.17, 15) is 20.1 Å². The number of rotatable bonds is 4. The lowest BCUT2D eigenvalue weighted by Crippen LogP contribution is -2.01. The molecule has 0 radical (unpaired) electrons. The Morgan fingerprint density at radius 1 is 1.03 bits per heavy atom. The van der Waals surface area contributed by atoms with E-state index >= 15 is 0 Å². The van der Waals surface area contributed by atoms with Gasteiger partial charge in [0, 0.05) is 11.6 Å². The lowest BCUT2D eigenvalue weighted by Gasteiger charge is -2.06. The first-order chi connectivity index (χ1) is 14.4. The van der Waals surface area contributed by atoms with Crippen molar-refractivity contribution in [1.29, 1.82) is 0 Å². The van der Waals surface area contributed by atoms with Crippen LogP contribution in [0.5, 0.6) is 23.0 Å². The Hall–Kier alpha value is -4.20. The highest BCUT2D eigenvalue weighted by Crippen LogP contribution is 2.40. The van der Waals surface area contributed by atoms with Gasteiger partial charge in [-0.1, -0.05) is 18.2 Å². The smallest absolute Gasteiger partial charge is 0.227 e. The second-order valence-electron chi connectivity index (χ2n) is 6.61. The standard InChI is InChI=1S/C22H18N2O6/c1-11-9-16(26)20(28)21(30-11)18-17(12-5-3-6-13(10-12)29-2)23-22(24-18)14-7-4-8-15(25)19(14)27/h3-10,25,27-28H,1-2H3,(H,23,24). The van der Waals surface area contributed by atoms with Crippen molar-refractivity contribution in [3.63, 3.8) is 0 Å². The molecule has 152 valence electrons. The second kappa shape index (κ2) is 7.32. The van der Waals surface area contributed by atoms with Crippen LogP contribution in [0.25, 0.3) is 34.1 Å². The van der Waals surface area contributed by atoms with Gasteiger partial charge in [-0.3, -0.25) is 4.79 Å². The van der Waals surface area contributed by atoms with Crippen molar-refractivity contribution in [2.24, 2.45) is 0 Å². The van der Waals surface area contributed by atoms with Crippen molar-refractivity contribution in [1.82, 2.24) is 9.97 Å². The number of methoxy groups -OCH3 is 1. The van der Waals surface area contributed by atoms with Crippen LogP contribution in [-0.2, 0) is 0 Å². The second-order valence-corrected chi connectivity index (χ2v) is 6.61. The zero-order chi connectivity index (χ0) is 21.4. The van der Waals surface area contributed by atoms with Gasteiger partial charge in [-0.2, -0.15) is 0 Å². The summed E-state index contributed by atoms with van der Waals surface area (Å²) >= 11 is 0. The molecule has 0 aliphatic carbocycles. The van der Waals surface area contributed by atoms with Crippen molar-refractivity contribution in [3.8, 4) is 57.1 Å². The predicted octanol–water partition coefficient (Wildman–Crippen LogP) is 3.80. The summed E-state index contributed by atoms with van der Waals surface area (Å²) in [6, 6.07) is 12.7. The number of phenols is 2. The minimum absolute atomic E-state index is 0.0868. The normalized spacial score (nSPS) is 10.9. The van der Waals surface area contributed by atoms with Crippen LogP contribution in [0.15, 0.2) is 57.7 Å². The van der Waals surface area contributed by atoms with Gasteiger partial charge in [0.2, 0.25) is 11.2 Å². The summed E-state index contributed by atoms with van der Waals surface area (Å²) in [5.74, 6) is -0.224. The number of ether oxygens (including phenoxy) is 1. The molecule has 2 heterocycles. The number of benzene rings is 2. The number of aromatic nitrogens is 2. The molecule has 0 saturated heterocycles. The van der Waals surface area contributed by atoms with Gasteiger partial charge in [-0.25, -0.2) is 4.98 Å². The first kappa shape index (κ1) is 19.1. The number of phenolic OH excluding ortho intramolecular Hbond substituents is 2. The summed E-state index contributed by atoms with van der Waals surface area (Å²) in [6.45, 7) is 1.59. The fraction of sp³-hybridized carbons (Fsp3) is 0.0909. The summed E-state index contributed by atoms with van der Waals surface area (Å²) in [6.07, 6.45) is 0. The molecular weight excluding hydrogens is 388 g/mol. The lowest BCUT2D eigenvalue weighted by atomic mass is 10.1. The number of nitrogens with one attached hydrogen (secondary N) is 1. The Bertz CT molecular complexity index is 1310. The van der Waals surface area contributed by atoms with Gasteiger partial charge in [0.25, 0.3) is 0 Å². The van der Waals surface area contributed by atoms with Crippen LogP contribution in [0.4, 0.5) is 0 Å². The third kappa shape index (κ3) is 3.24. The number of imidazole rings is 1. The van der Waals surface area contributed by atoms with E-state index in [0.29, 0.717) is 22.8 Å². The van der Waals surface area contributed by atoms with Crippen LogP contribution in [0.3, 0.4) is 0 Å². The molecule has 0 spiro atoms. The molecule has 4 N–H and O–H groups in total. The monoisotopic (exact) mass is 406 g/mol. The van der Waals surface area contributed by atoms with Crippen molar-refractivity contribution < 1.29 is 24.5 Å². The molecule has 2 aromatic heterocycles. The average Bonchev–Trinajstić information content (AvgIpc) is 3.17. The summed E-state index contributed by atoms with van der Waals surface area (Å²) in [5.41, 5.74) is 0.853. The van der Waals surface area contributed by atoms with Gasteiger partial charge in [-0.15, -0.1) is 0 Å². The van der Waals surface area contributed by atoms with Crippen LogP contribution < -0.4 is 10.2 Å². The molecule has 0 bridgehead atoms. The molecule has 0 aliphatic rings. The highest BCUT2D eigenvalue weighted by atomic mass is 16.5. The Balaban J connectivity index is 2.02. The molecule has 0 atom stereocenters. The Morgan fingerprint density at radius 2 is 1.80 bits per heavy atom. The van der Waals surface area contributed by atoms with E-state index in [1.165, 1.54) is 19.2 Å². The number of hydrogen-bond donors (Lipinski definition) is 4. The summed E-state index contributed by atoms with van der Waals surface area (Å²) < 4.78 is 10.9. The van der Waals surface area contributed by atoms with E-state index in [0.717, 1.165) is 0 Å². The average molecular weight is 406 g/mol. The van der Waals surface area contributed by atoms with Gasteiger partial charge >= 0.3 is 0 Å². The lowest BCUT2D eigenvalue weighted by molar-refractivity contribution is 0.405. The topological polar surface area (TPSA) is 129 Å². The third-order valence-corrected chi connectivity index (χ3v) is 4.59. The fourth-order valence-electron chi connectivity index (χ4n) is 3.14. The molecular formula is C22H18N2O6. The van der Waals surface area contributed by atoms with Gasteiger partial charge in [-0.05, 0) is 31.2 Å².